The molecule has 1 atom stereocenters. The minimum atomic E-state index is -0.359. The molecule has 0 radical (unpaired) electrons. The zero-order chi connectivity index (χ0) is 16.3. The maximum Gasteiger partial charge on any atom is 0.253 e. The second-order valence-electron chi connectivity index (χ2n) is 6.87. The van der Waals surface area contributed by atoms with Gasteiger partial charge >= 0.3 is 0 Å². The molecule has 2 aliphatic rings. The molecule has 24 heavy (non-hydrogen) atoms. The summed E-state index contributed by atoms with van der Waals surface area (Å²) in [5.41, 5.74) is 1.08. The second-order valence-corrected chi connectivity index (χ2v) is 6.87. The van der Waals surface area contributed by atoms with Crippen LogP contribution in [-0.2, 0) is 4.79 Å². The van der Waals surface area contributed by atoms with Crippen LogP contribution in [0, 0.1) is 5.41 Å². The van der Waals surface area contributed by atoms with E-state index in [2.05, 4.69) is 10.6 Å². The number of carbonyl (C=O) groups excluding carboxylic acids is 2. The summed E-state index contributed by atoms with van der Waals surface area (Å²) in [5.74, 6) is 0.132. The maximum absolute atomic E-state index is 12.5. The highest BCUT2D eigenvalue weighted by molar-refractivity contribution is 5.97. The van der Waals surface area contributed by atoms with Crippen molar-refractivity contribution < 1.29 is 9.59 Å². The number of anilines is 1. The highest BCUT2D eigenvalue weighted by Crippen LogP contribution is 2.27. The quantitative estimate of drug-likeness (QED) is 0.880. The third-order valence-electron chi connectivity index (χ3n) is 4.93. The van der Waals surface area contributed by atoms with Crippen LogP contribution in [0.1, 0.15) is 43.0 Å². The molecule has 0 bridgehead atoms. The van der Waals surface area contributed by atoms with Gasteiger partial charge in [-0.3, -0.25) is 9.59 Å². The number of likely N-dealkylation sites (tertiary alicyclic amines) is 1. The maximum atomic E-state index is 12.5. The van der Waals surface area contributed by atoms with Crippen LogP contribution in [-0.4, -0.2) is 42.9 Å². The standard InChI is InChI=1S/C18H25N3O2.ClH/c1-18(9-4-10-19-13-18)17(23)20-15-7-5-14(6-8-15)16(22)21-11-2-3-12-21;/h5-8,19H,2-4,9-13H2,1H3,(H,20,23);1H. The lowest BCUT2D eigenvalue weighted by molar-refractivity contribution is -0.125. The van der Waals surface area contributed by atoms with Crippen LogP contribution in [0.25, 0.3) is 0 Å². The molecule has 5 nitrogen and oxygen atoms in total. The largest absolute Gasteiger partial charge is 0.339 e. The summed E-state index contributed by atoms with van der Waals surface area (Å²) < 4.78 is 0. The lowest BCUT2D eigenvalue weighted by Gasteiger charge is -2.32. The fourth-order valence-corrected chi connectivity index (χ4v) is 3.33. The van der Waals surface area contributed by atoms with Gasteiger partial charge in [-0.25, -0.2) is 0 Å². The van der Waals surface area contributed by atoms with Crippen molar-refractivity contribution >= 4 is 29.9 Å². The molecule has 6 heteroatoms. The molecule has 0 aromatic heterocycles. The van der Waals surface area contributed by atoms with Gasteiger partial charge in [0.05, 0.1) is 5.41 Å². The van der Waals surface area contributed by atoms with Gasteiger partial charge in [0.25, 0.3) is 5.91 Å². The Morgan fingerprint density at radius 3 is 2.38 bits per heavy atom. The van der Waals surface area contributed by atoms with Crippen LogP contribution < -0.4 is 10.6 Å². The number of hydrogen-bond acceptors (Lipinski definition) is 3. The van der Waals surface area contributed by atoms with Crippen molar-refractivity contribution in [3.8, 4) is 0 Å². The van der Waals surface area contributed by atoms with Crippen molar-refractivity contribution in [2.75, 3.05) is 31.5 Å². The molecule has 2 heterocycles. The Hall–Kier alpha value is -1.59. The van der Waals surface area contributed by atoms with Crippen LogP contribution in [0.2, 0.25) is 0 Å². The van der Waals surface area contributed by atoms with E-state index in [9.17, 15) is 9.59 Å². The second kappa shape index (κ2) is 7.99. The van der Waals surface area contributed by atoms with Gasteiger partial charge in [0.1, 0.15) is 0 Å². The van der Waals surface area contributed by atoms with E-state index in [0.717, 1.165) is 51.0 Å². The van der Waals surface area contributed by atoms with E-state index >= 15 is 0 Å². The lowest BCUT2D eigenvalue weighted by atomic mass is 9.82. The fraction of sp³-hybridized carbons (Fsp3) is 0.556. The molecule has 1 aromatic carbocycles. The summed E-state index contributed by atoms with van der Waals surface area (Å²) in [6.45, 7) is 5.39. The molecular formula is C18H26ClN3O2. The Morgan fingerprint density at radius 2 is 1.79 bits per heavy atom. The molecule has 2 amide bonds. The van der Waals surface area contributed by atoms with Gasteiger partial charge in [-0.15, -0.1) is 12.4 Å². The van der Waals surface area contributed by atoms with Crippen molar-refractivity contribution in [1.82, 2.24) is 10.2 Å². The van der Waals surface area contributed by atoms with Crippen LogP contribution in [0.15, 0.2) is 24.3 Å². The molecular weight excluding hydrogens is 326 g/mol. The monoisotopic (exact) mass is 351 g/mol. The molecule has 0 spiro atoms. The number of carbonyl (C=O) groups is 2. The number of amides is 2. The van der Waals surface area contributed by atoms with Crippen molar-refractivity contribution in [2.45, 2.75) is 32.6 Å². The number of piperidine rings is 1. The molecule has 1 aromatic rings. The first kappa shape index (κ1) is 18.7. The van der Waals surface area contributed by atoms with Crippen LogP contribution in [0.5, 0.6) is 0 Å². The normalized spacial score (nSPS) is 23.5. The van der Waals surface area contributed by atoms with Gasteiger partial charge in [-0.05, 0) is 63.4 Å². The summed E-state index contributed by atoms with van der Waals surface area (Å²) in [6, 6.07) is 7.25. The average Bonchev–Trinajstić information content (AvgIpc) is 3.10. The Balaban J connectivity index is 0.00000208. The first-order valence-corrected chi connectivity index (χ1v) is 8.50. The molecule has 0 aliphatic carbocycles. The van der Waals surface area contributed by atoms with Crippen molar-refractivity contribution in [2.24, 2.45) is 5.41 Å². The summed E-state index contributed by atoms with van der Waals surface area (Å²) in [5, 5.41) is 6.27. The minimum Gasteiger partial charge on any atom is -0.339 e. The predicted molar refractivity (Wildman–Crippen MR) is 97.7 cm³/mol. The van der Waals surface area contributed by atoms with E-state index in [4.69, 9.17) is 0 Å². The summed E-state index contributed by atoms with van der Waals surface area (Å²) in [4.78, 5) is 26.7. The first-order valence-electron chi connectivity index (χ1n) is 8.50. The van der Waals surface area contributed by atoms with Gasteiger partial charge in [0, 0.05) is 30.9 Å². The highest BCUT2D eigenvalue weighted by Gasteiger charge is 2.34. The molecule has 3 rings (SSSR count). The Labute approximate surface area is 149 Å². The lowest BCUT2D eigenvalue weighted by Crippen LogP contribution is -2.46. The summed E-state index contributed by atoms with van der Waals surface area (Å²) in [7, 11) is 0. The van der Waals surface area contributed by atoms with E-state index in [0.29, 0.717) is 12.1 Å². The summed E-state index contributed by atoms with van der Waals surface area (Å²) >= 11 is 0. The van der Waals surface area contributed by atoms with E-state index < -0.39 is 0 Å². The van der Waals surface area contributed by atoms with Crippen molar-refractivity contribution in [3.05, 3.63) is 29.8 Å². The SMILES string of the molecule is CC1(C(=O)Nc2ccc(C(=O)N3CCCC3)cc2)CCCNC1.Cl. The molecule has 1 unspecified atom stereocenters. The Kier molecular flexibility index (Phi) is 6.24. The van der Waals surface area contributed by atoms with Crippen molar-refractivity contribution in [3.63, 3.8) is 0 Å². The van der Waals surface area contributed by atoms with Crippen molar-refractivity contribution in [1.29, 1.82) is 0 Å². The van der Waals surface area contributed by atoms with E-state index in [1.165, 1.54) is 0 Å². The summed E-state index contributed by atoms with van der Waals surface area (Å²) in [6.07, 6.45) is 4.10. The van der Waals surface area contributed by atoms with Gasteiger partial charge < -0.3 is 15.5 Å². The fourth-order valence-electron chi connectivity index (χ4n) is 3.33. The van der Waals surface area contributed by atoms with Crippen LogP contribution in [0.4, 0.5) is 5.69 Å². The smallest absolute Gasteiger partial charge is 0.253 e. The molecule has 0 saturated carbocycles. The van der Waals surface area contributed by atoms with Gasteiger partial charge in [0.2, 0.25) is 5.91 Å². The van der Waals surface area contributed by atoms with Crippen LogP contribution >= 0.6 is 12.4 Å². The zero-order valence-electron chi connectivity index (χ0n) is 14.1. The van der Waals surface area contributed by atoms with E-state index in [1.807, 2.05) is 24.0 Å². The Morgan fingerprint density at radius 1 is 1.12 bits per heavy atom. The van der Waals surface area contributed by atoms with Gasteiger partial charge in [-0.2, -0.15) is 0 Å². The molecule has 132 valence electrons. The minimum absolute atomic E-state index is 0. The zero-order valence-corrected chi connectivity index (χ0v) is 15.0. The molecule has 2 N–H and O–H groups in total. The first-order chi connectivity index (χ1) is 11.1. The van der Waals surface area contributed by atoms with E-state index in [-0.39, 0.29) is 29.6 Å². The van der Waals surface area contributed by atoms with Gasteiger partial charge in [0.15, 0.2) is 0 Å². The number of benzene rings is 1. The average molecular weight is 352 g/mol. The number of rotatable bonds is 3. The Bertz CT molecular complexity index is 576. The molecule has 2 aliphatic heterocycles. The number of hydrogen-bond donors (Lipinski definition) is 2. The molecule has 2 saturated heterocycles. The van der Waals surface area contributed by atoms with Crippen LogP contribution in [0.3, 0.4) is 0 Å². The predicted octanol–water partition coefficient (Wildman–Crippen LogP) is 2.67. The number of nitrogens with one attached hydrogen (secondary N) is 2. The topological polar surface area (TPSA) is 61.4 Å². The third kappa shape index (κ3) is 4.08. The van der Waals surface area contributed by atoms with Gasteiger partial charge in [-0.1, -0.05) is 0 Å². The molecule has 2 fully saturated rings. The van der Waals surface area contributed by atoms with E-state index in [1.54, 1.807) is 12.1 Å². The number of nitrogens with zero attached hydrogens (tertiary/aromatic N) is 1. The number of halogens is 1. The third-order valence-corrected chi connectivity index (χ3v) is 4.93. The highest BCUT2D eigenvalue weighted by atomic mass is 35.5.